The summed E-state index contributed by atoms with van der Waals surface area (Å²) in [4.78, 5) is 26.0. The summed E-state index contributed by atoms with van der Waals surface area (Å²) >= 11 is 1.72. The lowest BCUT2D eigenvalue weighted by molar-refractivity contribution is 0.122. The maximum Gasteiger partial charge on any atom is 0.293 e. The fraction of sp³-hybridized carbons (Fsp3) is 0.318. The normalized spacial score (nSPS) is 17.5. The van der Waals surface area contributed by atoms with Crippen molar-refractivity contribution in [3.63, 3.8) is 0 Å². The lowest BCUT2D eigenvalue weighted by Gasteiger charge is -2.28. The fourth-order valence-electron chi connectivity index (χ4n) is 3.97. The Hall–Kier alpha value is -2.75. The number of nitrogens with zero attached hydrogens (tertiary/aromatic N) is 4. The zero-order valence-corrected chi connectivity index (χ0v) is 17.8. The number of hydrogen-bond donors (Lipinski definition) is 1. The number of aromatic nitrogens is 2. The molecule has 31 heavy (non-hydrogen) atoms. The molecule has 2 aliphatic heterocycles. The highest BCUT2D eigenvalue weighted by Gasteiger charge is 2.22. The molecule has 0 unspecified atom stereocenters. The van der Waals surface area contributed by atoms with Crippen molar-refractivity contribution in [2.45, 2.75) is 6.42 Å². The minimum absolute atomic E-state index is 0.198. The molecule has 2 aromatic heterocycles. The fourth-order valence-corrected chi connectivity index (χ4v) is 5.15. The standard InChI is InChI=1S/C22H22BN4O3S/c28-14-23-27-6-4-15(5-7-27)19-13-18-20(31-19)22(26-8-10-30-11-9-26)25-21(24-18)16-2-1-3-17(29)12-16/h1-4,12-14,29H,5-11H2. The van der Waals surface area contributed by atoms with Crippen LogP contribution in [-0.2, 0) is 9.53 Å². The summed E-state index contributed by atoms with van der Waals surface area (Å²) in [6.07, 6.45) is 3.91. The number of carbonyl (C=O) groups is 1. The van der Waals surface area contributed by atoms with Crippen LogP contribution in [0.2, 0.25) is 0 Å². The van der Waals surface area contributed by atoms with E-state index < -0.39 is 0 Å². The summed E-state index contributed by atoms with van der Waals surface area (Å²) < 4.78 is 6.61. The predicted octanol–water partition coefficient (Wildman–Crippen LogP) is 2.80. The number of rotatable bonds is 5. The lowest BCUT2D eigenvalue weighted by atomic mass is 9.91. The van der Waals surface area contributed by atoms with Crippen LogP contribution in [0.25, 0.3) is 27.2 Å². The van der Waals surface area contributed by atoms with Gasteiger partial charge in [0.05, 0.1) is 29.6 Å². The molecule has 1 saturated heterocycles. The lowest BCUT2D eigenvalue weighted by Crippen LogP contribution is -2.36. The van der Waals surface area contributed by atoms with Crippen LogP contribution in [0.4, 0.5) is 5.82 Å². The molecule has 2 aliphatic rings. The molecule has 5 rings (SSSR count). The number of anilines is 1. The summed E-state index contributed by atoms with van der Waals surface area (Å²) in [5.41, 5.74) is 2.99. The molecule has 4 heterocycles. The molecule has 0 aliphatic carbocycles. The first-order valence-corrected chi connectivity index (χ1v) is 11.2. The Kier molecular flexibility index (Phi) is 5.71. The Morgan fingerprint density at radius 3 is 2.77 bits per heavy atom. The van der Waals surface area contributed by atoms with Gasteiger partial charge in [0.2, 0.25) is 0 Å². The van der Waals surface area contributed by atoms with Crippen LogP contribution in [0.1, 0.15) is 11.3 Å². The van der Waals surface area contributed by atoms with E-state index in [1.165, 1.54) is 10.5 Å². The van der Waals surface area contributed by atoms with Crippen molar-refractivity contribution in [2.75, 3.05) is 44.3 Å². The summed E-state index contributed by atoms with van der Waals surface area (Å²) in [7, 11) is 1.60. The van der Waals surface area contributed by atoms with Crippen LogP contribution in [0.15, 0.2) is 36.4 Å². The van der Waals surface area contributed by atoms with Gasteiger partial charge in [0.1, 0.15) is 5.75 Å². The number of morpholine rings is 1. The van der Waals surface area contributed by atoms with Crippen LogP contribution in [0.5, 0.6) is 5.75 Å². The van der Waals surface area contributed by atoms with E-state index in [9.17, 15) is 9.90 Å². The molecule has 0 spiro atoms. The van der Waals surface area contributed by atoms with Gasteiger partial charge in [-0.3, -0.25) is 0 Å². The Bertz CT molecular complexity index is 1140. The van der Waals surface area contributed by atoms with Gasteiger partial charge in [-0.1, -0.05) is 18.2 Å². The monoisotopic (exact) mass is 433 g/mol. The molecule has 3 aromatic rings. The molecule has 1 N–H and O–H groups in total. The van der Waals surface area contributed by atoms with Crippen molar-refractivity contribution in [1.82, 2.24) is 14.8 Å². The number of fused-ring (bicyclic) bond motifs is 1. The minimum Gasteiger partial charge on any atom is -0.508 e. The third-order valence-corrected chi connectivity index (χ3v) is 6.79. The quantitative estimate of drug-likeness (QED) is 0.490. The third kappa shape index (κ3) is 4.21. The molecule has 7 nitrogen and oxygen atoms in total. The van der Waals surface area contributed by atoms with E-state index in [1.807, 2.05) is 10.9 Å². The van der Waals surface area contributed by atoms with E-state index in [-0.39, 0.29) is 5.75 Å². The second-order valence-corrected chi connectivity index (χ2v) is 8.66. The Balaban J connectivity index is 1.57. The van der Waals surface area contributed by atoms with E-state index in [4.69, 9.17) is 14.7 Å². The highest BCUT2D eigenvalue weighted by atomic mass is 32.1. The average Bonchev–Trinajstić information content (AvgIpc) is 3.24. The molecular weight excluding hydrogens is 411 g/mol. The number of ether oxygens (including phenoxy) is 1. The van der Waals surface area contributed by atoms with Gasteiger partial charge in [0.15, 0.2) is 11.6 Å². The Labute approximate surface area is 185 Å². The molecule has 1 fully saturated rings. The largest absolute Gasteiger partial charge is 0.508 e. The topological polar surface area (TPSA) is 78.8 Å². The summed E-state index contributed by atoms with van der Waals surface area (Å²) in [6.45, 7) is 4.50. The summed E-state index contributed by atoms with van der Waals surface area (Å²) in [5, 5.41) is 9.92. The van der Waals surface area contributed by atoms with Crippen LogP contribution in [0.3, 0.4) is 0 Å². The third-order valence-electron chi connectivity index (χ3n) is 5.60. The molecule has 1 aromatic carbocycles. The molecule has 1 radical (unpaired) electrons. The van der Waals surface area contributed by atoms with Crippen molar-refractivity contribution in [1.29, 1.82) is 0 Å². The second-order valence-electron chi connectivity index (χ2n) is 7.61. The molecule has 0 atom stereocenters. The minimum atomic E-state index is 0.198. The first-order valence-electron chi connectivity index (χ1n) is 10.4. The molecular formula is C22H22BN4O3S. The number of benzene rings is 1. The van der Waals surface area contributed by atoms with Crippen LogP contribution >= 0.6 is 11.3 Å². The van der Waals surface area contributed by atoms with Gasteiger partial charge in [0, 0.05) is 30.1 Å². The van der Waals surface area contributed by atoms with Crippen LogP contribution in [0, 0.1) is 0 Å². The highest BCUT2D eigenvalue weighted by molar-refractivity contribution is 7.20. The molecule has 0 amide bonds. The van der Waals surface area contributed by atoms with Gasteiger partial charge in [0.25, 0.3) is 7.41 Å². The van der Waals surface area contributed by atoms with Gasteiger partial charge < -0.3 is 24.3 Å². The number of hydrogen-bond acceptors (Lipinski definition) is 8. The van der Waals surface area contributed by atoms with Gasteiger partial charge in [-0.25, -0.2) is 9.97 Å². The molecule has 0 bridgehead atoms. The van der Waals surface area contributed by atoms with E-state index in [0.717, 1.165) is 60.4 Å². The van der Waals surface area contributed by atoms with E-state index in [2.05, 4.69) is 17.0 Å². The van der Waals surface area contributed by atoms with Crippen molar-refractivity contribution in [2.24, 2.45) is 0 Å². The Morgan fingerprint density at radius 2 is 2.03 bits per heavy atom. The van der Waals surface area contributed by atoms with Crippen molar-refractivity contribution in [3.8, 4) is 17.1 Å². The Morgan fingerprint density at radius 1 is 1.16 bits per heavy atom. The van der Waals surface area contributed by atoms with Crippen molar-refractivity contribution < 1.29 is 14.6 Å². The molecule has 0 saturated carbocycles. The smallest absolute Gasteiger partial charge is 0.293 e. The molecule has 9 heteroatoms. The van der Waals surface area contributed by atoms with Gasteiger partial charge in [-0.2, -0.15) is 0 Å². The number of aromatic hydroxyl groups is 1. The van der Waals surface area contributed by atoms with Crippen molar-refractivity contribution >= 4 is 46.5 Å². The van der Waals surface area contributed by atoms with Gasteiger partial charge >= 0.3 is 0 Å². The van der Waals surface area contributed by atoms with Gasteiger partial charge in [-0.15, -0.1) is 11.3 Å². The number of phenols is 1. The number of thiophene rings is 1. The highest BCUT2D eigenvalue weighted by Crippen LogP contribution is 2.38. The first-order chi connectivity index (χ1) is 15.2. The van der Waals surface area contributed by atoms with Gasteiger partial charge in [-0.05, 0) is 36.7 Å². The maximum absolute atomic E-state index is 10.7. The van der Waals surface area contributed by atoms with E-state index in [1.54, 1.807) is 37.0 Å². The SMILES string of the molecule is O=C[B]N1CC=C(c2cc3nc(-c4cccc(O)c4)nc(N4CCOCC4)c3s2)CC1. The number of phenolic OH excluding ortho intramolecular Hbond substituents is 1. The zero-order chi connectivity index (χ0) is 21.2. The summed E-state index contributed by atoms with van der Waals surface area (Å²) in [6, 6.07) is 9.20. The first kappa shape index (κ1) is 20.2. The van der Waals surface area contributed by atoms with Crippen molar-refractivity contribution in [3.05, 3.63) is 41.3 Å². The zero-order valence-electron chi connectivity index (χ0n) is 17.0. The van der Waals surface area contributed by atoms with Crippen LogP contribution < -0.4 is 4.90 Å². The van der Waals surface area contributed by atoms with Crippen LogP contribution in [-0.4, -0.2) is 72.9 Å². The molecule has 157 valence electrons. The number of carbonyl (C=O) groups excluding carboxylic acids is 1. The van der Waals surface area contributed by atoms with E-state index >= 15 is 0 Å². The maximum atomic E-state index is 10.7. The second kappa shape index (κ2) is 8.78. The predicted molar refractivity (Wildman–Crippen MR) is 124 cm³/mol. The van der Waals surface area contributed by atoms with E-state index in [0.29, 0.717) is 19.0 Å². The summed E-state index contributed by atoms with van der Waals surface area (Å²) in [5.74, 6) is 1.73. The average molecular weight is 433 g/mol.